The van der Waals surface area contributed by atoms with E-state index in [0.717, 1.165) is 41.7 Å². The molecule has 0 spiro atoms. The molecular formula is C30H36N6O4. The zero-order valence-corrected chi connectivity index (χ0v) is 23.1. The fraction of sp³-hybridized carbons (Fsp3) is 0.400. The van der Waals surface area contributed by atoms with Crippen molar-refractivity contribution >= 4 is 39.6 Å². The molecule has 1 N–H and O–H groups in total. The standard InChI is InChI=1S/C30H36N6O4/c1-3-35-24-12-13-26(32-29(24)36(4-2)30(35)39)31-27(37)14-15-28(38)34-18-16-33(17-19-34)20-21-40-25-11-7-9-22-8-5-6-10-23(22)25/h5-13H,3-4,14-21H2,1-2H3,(H,31,32,37). The van der Waals surface area contributed by atoms with Gasteiger partial charge in [0.25, 0.3) is 0 Å². The second kappa shape index (κ2) is 12.3. The molecule has 2 aromatic carbocycles. The van der Waals surface area contributed by atoms with Crippen LogP contribution in [0, 0.1) is 0 Å². The largest absolute Gasteiger partial charge is 0.492 e. The fourth-order valence-corrected chi connectivity index (χ4v) is 5.26. The van der Waals surface area contributed by atoms with Gasteiger partial charge in [0, 0.05) is 64.0 Å². The van der Waals surface area contributed by atoms with Crippen LogP contribution < -0.4 is 15.7 Å². The Labute approximate surface area is 233 Å². The highest BCUT2D eigenvalue weighted by molar-refractivity contribution is 5.93. The summed E-state index contributed by atoms with van der Waals surface area (Å²) >= 11 is 0. The normalized spacial score (nSPS) is 14.1. The van der Waals surface area contributed by atoms with E-state index in [1.807, 2.05) is 43.0 Å². The van der Waals surface area contributed by atoms with E-state index in [1.54, 1.807) is 21.3 Å². The number of nitrogens with one attached hydrogen (secondary N) is 1. The molecule has 0 radical (unpaired) electrons. The molecule has 40 heavy (non-hydrogen) atoms. The number of amides is 2. The minimum atomic E-state index is -0.273. The Kier molecular flexibility index (Phi) is 8.45. The molecule has 4 aromatic rings. The van der Waals surface area contributed by atoms with E-state index < -0.39 is 0 Å². The number of pyridine rings is 1. The lowest BCUT2D eigenvalue weighted by atomic mass is 10.1. The molecule has 1 fully saturated rings. The van der Waals surface area contributed by atoms with E-state index in [4.69, 9.17) is 4.74 Å². The lowest BCUT2D eigenvalue weighted by molar-refractivity contribution is -0.134. The third-order valence-electron chi connectivity index (χ3n) is 7.47. The zero-order chi connectivity index (χ0) is 28.1. The molecule has 3 heterocycles. The quantitative estimate of drug-likeness (QED) is 0.329. The van der Waals surface area contributed by atoms with Gasteiger partial charge in [0.1, 0.15) is 18.2 Å². The average molecular weight is 545 g/mol. The van der Waals surface area contributed by atoms with Crippen LogP contribution in [0.15, 0.2) is 59.4 Å². The lowest BCUT2D eigenvalue weighted by Gasteiger charge is -2.34. The van der Waals surface area contributed by atoms with E-state index in [2.05, 4.69) is 33.4 Å². The molecule has 1 aliphatic rings. The van der Waals surface area contributed by atoms with Gasteiger partial charge in [0.05, 0.1) is 5.52 Å². The number of hydrogen-bond acceptors (Lipinski definition) is 6. The second-order valence-corrected chi connectivity index (χ2v) is 9.91. The van der Waals surface area contributed by atoms with E-state index >= 15 is 0 Å². The highest BCUT2D eigenvalue weighted by Gasteiger charge is 2.22. The van der Waals surface area contributed by atoms with Crippen molar-refractivity contribution in [1.82, 2.24) is 23.9 Å². The van der Waals surface area contributed by atoms with Gasteiger partial charge in [0.15, 0.2) is 5.65 Å². The number of ether oxygens (including phenoxy) is 1. The summed E-state index contributed by atoms with van der Waals surface area (Å²) in [6, 6.07) is 17.8. The Morgan fingerprint density at radius 2 is 1.65 bits per heavy atom. The Bertz CT molecular complexity index is 1560. The van der Waals surface area contributed by atoms with Gasteiger partial charge < -0.3 is 15.0 Å². The molecule has 0 unspecified atom stereocenters. The number of imidazole rings is 1. The van der Waals surface area contributed by atoms with E-state index in [1.165, 1.54) is 0 Å². The van der Waals surface area contributed by atoms with Crippen molar-refractivity contribution in [3.63, 3.8) is 0 Å². The maximum Gasteiger partial charge on any atom is 0.330 e. The number of rotatable bonds is 10. The topological polar surface area (TPSA) is 102 Å². The maximum absolute atomic E-state index is 12.8. The number of aryl methyl sites for hydroxylation is 2. The minimum Gasteiger partial charge on any atom is -0.492 e. The first-order chi connectivity index (χ1) is 19.5. The molecule has 10 heteroatoms. The first-order valence-electron chi connectivity index (χ1n) is 14.0. The van der Waals surface area contributed by atoms with Crippen molar-refractivity contribution in [1.29, 1.82) is 0 Å². The van der Waals surface area contributed by atoms with Gasteiger partial charge in [0.2, 0.25) is 11.8 Å². The molecule has 2 amide bonds. The van der Waals surface area contributed by atoms with Gasteiger partial charge >= 0.3 is 5.69 Å². The molecule has 0 saturated carbocycles. The smallest absolute Gasteiger partial charge is 0.330 e. The number of benzene rings is 2. The highest BCUT2D eigenvalue weighted by atomic mass is 16.5. The van der Waals surface area contributed by atoms with Crippen LogP contribution in [0.4, 0.5) is 5.82 Å². The first kappa shape index (κ1) is 27.4. The summed E-state index contributed by atoms with van der Waals surface area (Å²) in [6.45, 7) is 9.03. The molecule has 2 aromatic heterocycles. The van der Waals surface area contributed by atoms with Crippen LogP contribution in [-0.2, 0) is 22.7 Å². The van der Waals surface area contributed by atoms with Crippen LogP contribution in [0.1, 0.15) is 26.7 Å². The first-order valence-corrected chi connectivity index (χ1v) is 14.0. The predicted octanol–water partition coefficient (Wildman–Crippen LogP) is 3.33. The molecule has 1 aliphatic heterocycles. The summed E-state index contributed by atoms with van der Waals surface area (Å²) in [5.41, 5.74) is 1.17. The number of carbonyl (C=O) groups is 2. The highest BCUT2D eigenvalue weighted by Crippen LogP contribution is 2.25. The number of hydrogen-bond donors (Lipinski definition) is 1. The van der Waals surface area contributed by atoms with Gasteiger partial charge in [-0.3, -0.25) is 23.6 Å². The number of nitrogens with zero attached hydrogens (tertiary/aromatic N) is 5. The van der Waals surface area contributed by atoms with Crippen molar-refractivity contribution in [3.8, 4) is 5.75 Å². The Balaban J connectivity index is 1.06. The predicted molar refractivity (Wildman–Crippen MR) is 156 cm³/mol. The monoisotopic (exact) mass is 544 g/mol. The molecule has 0 bridgehead atoms. The third-order valence-corrected chi connectivity index (χ3v) is 7.47. The minimum absolute atomic E-state index is 0.0231. The fourth-order valence-electron chi connectivity index (χ4n) is 5.26. The molecule has 5 rings (SSSR count). The van der Waals surface area contributed by atoms with E-state index in [0.29, 0.717) is 44.3 Å². The number of aromatic nitrogens is 3. The summed E-state index contributed by atoms with van der Waals surface area (Å²) < 4.78 is 9.32. The second-order valence-electron chi connectivity index (χ2n) is 9.91. The van der Waals surface area contributed by atoms with Gasteiger partial charge in [-0.05, 0) is 37.4 Å². The molecule has 1 saturated heterocycles. The van der Waals surface area contributed by atoms with E-state index in [9.17, 15) is 14.4 Å². The van der Waals surface area contributed by atoms with E-state index in [-0.39, 0.29) is 30.3 Å². The summed E-state index contributed by atoms with van der Waals surface area (Å²) in [6.07, 6.45) is 0.221. The van der Waals surface area contributed by atoms with Crippen molar-refractivity contribution in [2.45, 2.75) is 39.8 Å². The van der Waals surface area contributed by atoms with Gasteiger partial charge in [-0.2, -0.15) is 0 Å². The average Bonchev–Trinajstić information content (AvgIpc) is 3.25. The number of fused-ring (bicyclic) bond motifs is 2. The van der Waals surface area contributed by atoms with Crippen molar-refractivity contribution in [2.75, 3.05) is 44.6 Å². The van der Waals surface area contributed by atoms with Crippen LogP contribution in [0.25, 0.3) is 21.9 Å². The van der Waals surface area contributed by atoms with Crippen molar-refractivity contribution in [2.24, 2.45) is 0 Å². The zero-order valence-electron chi connectivity index (χ0n) is 23.1. The van der Waals surface area contributed by atoms with Gasteiger partial charge in [-0.15, -0.1) is 0 Å². The summed E-state index contributed by atoms with van der Waals surface area (Å²) in [5, 5.41) is 5.05. The Morgan fingerprint density at radius 1 is 0.900 bits per heavy atom. The third kappa shape index (κ3) is 5.86. The Hall–Kier alpha value is -4.18. The van der Waals surface area contributed by atoms with Crippen molar-refractivity contribution in [3.05, 3.63) is 65.1 Å². The summed E-state index contributed by atoms with van der Waals surface area (Å²) in [7, 11) is 0. The lowest BCUT2D eigenvalue weighted by Crippen LogP contribution is -2.49. The summed E-state index contributed by atoms with van der Waals surface area (Å²) in [5.74, 6) is 0.967. The molecule has 10 nitrogen and oxygen atoms in total. The maximum atomic E-state index is 12.8. The molecule has 210 valence electrons. The molecule has 0 atom stereocenters. The number of piperazine rings is 1. The SMILES string of the molecule is CCn1c(=O)n(CC)c2nc(NC(=O)CCC(=O)N3CCN(CCOc4cccc5ccccc45)CC3)ccc21. The van der Waals surface area contributed by atoms with Crippen LogP contribution in [0.3, 0.4) is 0 Å². The van der Waals surface area contributed by atoms with Crippen LogP contribution >= 0.6 is 0 Å². The van der Waals surface area contributed by atoms with Crippen LogP contribution in [0.2, 0.25) is 0 Å². The Morgan fingerprint density at radius 3 is 2.42 bits per heavy atom. The molecular weight excluding hydrogens is 508 g/mol. The van der Waals surface area contributed by atoms with Crippen LogP contribution in [0.5, 0.6) is 5.75 Å². The van der Waals surface area contributed by atoms with Gasteiger partial charge in [-0.25, -0.2) is 9.78 Å². The van der Waals surface area contributed by atoms with Gasteiger partial charge in [-0.1, -0.05) is 36.4 Å². The van der Waals surface area contributed by atoms with Crippen LogP contribution in [-0.4, -0.2) is 75.1 Å². The number of carbonyl (C=O) groups excluding carboxylic acids is 2. The number of anilines is 1. The summed E-state index contributed by atoms with van der Waals surface area (Å²) in [4.78, 5) is 46.5. The van der Waals surface area contributed by atoms with Crippen molar-refractivity contribution < 1.29 is 14.3 Å². The molecule has 0 aliphatic carbocycles.